The third-order valence-corrected chi connectivity index (χ3v) is 5.40. The minimum absolute atomic E-state index is 0.330. The van der Waals surface area contributed by atoms with E-state index in [-0.39, 0.29) is 5.25 Å². The topological polar surface area (TPSA) is 72.5 Å². The molecule has 110 valence electrons. The largest absolute Gasteiger partial charge is 0.465 e. The van der Waals surface area contributed by atoms with E-state index < -0.39 is 16.0 Å². The van der Waals surface area contributed by atoms with Crippen LogP contribution in [-0.4, -0.2) is 26.7 Å². The number of ether oxygens (including phenoxy) is 1. The Labute approximate surface area is 119 Å². The molecule has 0 saturated heterocycles. The number of carbonyl (C=O) groups is 1. The number of nitrogens with one attached hydrogen (secondary N) is 1. The lowest BCUT2D eigenvalue weighted by atomic mass is 10.0. The van der Waals surface area contributed by atoms with Crippen LogP contribution >= 0.6 is 0 Å². The Morgan fingerprint density at radius 3 is 2.60 bits per heavy atom. The molecule has 6 heteroatoms. The number of anilines is 1. The number of esters is 1. The Hall–Kier alpha value is -1.56. The van der Waals surface area contributed by atoms with Crippen molar-refractivity contribution in [2.75, 3.05) is 11.8 Å². The molecule has 1 aromatic carbocycles. The SMILES string of the molecule is COC(=O)c1cccc(NS(=O)(=O)C2CCCCC2)c1. The van der Waals surface area contributed by atoms with Crippen LogP contribution in [0.3, 0.4) is 0 Å². The van der Waals surface area contributed by atoms with Gasteiger partial charge in [0.05, 0.1) is 17.9 Å². The maximum atomic E-state index is 12.3. The van der Waals surface area contributed by atoms with Crippen molar-refractivity contribution in [2.24, 2.45) is 0 Å². The minimum atomic E-state index is -3.39. The molecular formula is C14H19NO4S. The summed E-state index contributed by atoms with van der Waals surface area (Å²) in [5, 5.41) is -0.335. The molecule has 0 atom stereocenters. The average molecular weight is 297 g/mol. The molecule has 0 unspecified atom stereocenters. The van der Waals surface area contributed by atoms with Gasteiger partial charge in [0.1, 0.15) is 0 Å². The molecule has 1 N–H and O–H groups in total. The zero-order chi connectivity index (χ0) is 14.6. The van der Waals surface area contributed by atoms with Gasteiger partial charge in [-0.2, -0.15) is 0 Å². The molecule has 1 saturated carbocycles. The molecule has 0 aromatic heterocycles. The van der Waals surface area contributed by atoms with Crippen LogP contribution in [0, 0.1) is 0 Å². The van der Waals surface area contributed by atoms with Gasteiger partial charge < -0.3 is 4.74 Å². The first-order valence-corrected chi connectivity index (χ1v) is 8.27. The van der Waals surface area contributed by atoms with Crippen molar-refractivity contribution in [3.63, 3.8) is 0 Å². The standard InChI is InChI=1S/C14H19NO4S/c1-19-14(16)11-6-5-7-12(10-11)15-20(17,18)13-8-3-2-4-9-13/h5-7,10,13,15H,2-4,8-9H2,1H3. The highest BCUT2D eigenvalue weighted by molar-refractivity contribution is 7.93. The molecule has 2 rings (SSSR count). The molecule has 1 fully saturated rings. The number of sulfonamides is 1. The minimum Gasteiger partial charge on any atom is -0.465 e. The molecule has 0 spiro atoms. The van der Waals surface area contributed by atoms with E-state index in [9.17, 15) is 13.2 Å². The zero-order valence-electron chi connectivity index (χ0n) is 11.5. The summed E-state index contributed by atoms with van der Waals surface area (Å²) >= 11 is 0. The van der Waals surface area contributed by atoms with Crippen LogP contribution in [0.2, 0.25) is 0 Å². The lowest BCUT2D eigenvalue weighted by molar-refractivity contribution is 0.0601. The zero-order valence-corrected chi connectivity index (χ0v) is 12.3. The lowest BCUT2D eigenvalue weighted by Gasteiger charge is -2.22. The summed E-state index contributed by atoms with van der Waals surface area (Å²) in [6.45, 7) is 0. The molecule has 1 aliphatic carbocycles. The van der Waals surface area contributed by atoms with Gasteiger partial charge in [0.25, 0.3) is 0 Å². The van der Waals surface area contributed by atoms with Crippen LogP contribution in [0.1, 0.15) is 42.5 Å². The van der Waals surface area contributed by atoms with Crippen molar-refractivity contribution in [3.05, 3.63) is 29.8 Å². The van der Waals surface area contributed by atoms with E-state index in [0.717, 1.165) is 19.3 Å². The summed E-state index contributed by atoms with van der Waals surface area (Å²) in [6, 6.07) is 6.34. The van der Waals surface area contributed by atoms with Crippen molar-refractivity contribution >= 4 is 21.7 Å². The Morgan fingerprint density at radius 1 is 1.25 bits per heavy atom. The molecule has 0 amide bonds. The highest BCUT2D eigenvalue weighted by atomic mass is 32.2. The van der Waals surface area contributed by atoms with Crippen molar-refractivity contribution in [1.82, 2.24) is 0 Å². The number of benzene rings is 1. The molecule has 0 bridgehead atoms. The number of rotatable bonds is 4. The van der Waals surface area contributed by atoms with Crippen LogP contribution in [0.25, 0.3) is 0 Å². The van der Waals surface area contributed by atoms with Crippen molar-refractivity contribution in [2.45, 2.75) is 37.4 Å². The Balaban J connectivity index is 2.14. The molecule has 20 heavy (non-hydrogen) atoms. The third kappa shape index (κ3) is 3.50. The van der Waals surface area contributed by atoms with Crippen LogP contribution in [0.4, 0.5) is 5.69 Å². The van der Waals surface area contributed by atoms with E-state index in [4.69, 9.17) is 0 Å². The number of hydrogen-bond donors (Lipinski definition) is 1. The normalized spacial score (nSPS) is 16.6. The van der Waals surface area contributed by atoms with E-state index in [0.29, 0.717) is 24.1 Å². The van der Waals surface area contributed by atoms with Gasteiger partial charge >= 0.3 is 5.97 Å². The smallest absolute Gasteiger partial charge is 0.337 e. The van der Waals surface area contributed by atoms with Crippen LogP contribution in [-0.2, 0) is 14.8 Å². The van der Waals surface area contributed by atoms with Gasteiger partial charge in [0.2, 0.25) is 10.0 Å². The van der Waals surface area contributed by atoms with E-state index in [1.807, 2.05) is 0 Å². The maximum Gasteiger partial charge on any atom is 0.337 e. The number of hydrogen-bond acceptors (Lipinski definition) is 4. The predicted molar refractivity (Wildman–Crippen MR) is 77.2 cm³/mol. The Morgan fingerprint density at radius 2 is 1.95 bits per heavy atom. The van der Waals surface area contributed by atoms with Crippen molar-refractivity contribution in [1.29, 1.82) is 0 Å². The molecule has 1 aliphatic rings. The fourth-order valence-electron chi connectivity index (χ4n) is 2.45. The Bertz CT molecular complexity index is 577. The van der Waals surface area contributed by atoms with Crippen molar-refractivity contribution < 1.29 is 17.9 Å². The summed E-state index contributed by atoms with van der Waals surface area (Å²) in [6.07, 6.45) is 4.41. The third-order valence-electron chi connectivity index (χ3n) is 3.53. The molecule has 5 nitrogen and oxygen atoms in total. The van der Waals surface area contributed by atoms with Gasteiger partial charge in [-0.3, -0.25) is 4.72 Å². The second kappa shape index (κ2) is 6.26. The van der Waals surface area contributed by atoms with Gasteiger partial charge in [-0.25, -0.2) is 13.2 Å². The van der Waals surface area contributed by atoms with E-state index >= 15 is 0 Å². The van der Waals surface area contributed by atoms with Crippen LogP contribution in [0.5, 0.6) is 0 Å². The van der Waals surface area contributed by atoms with Gasteiger partial charge in [-0.1, -0.05) is 25.3 Å². The van der Waals surface area contributed by atoms with Gasteiger partial charge in [0, 0.05) is 5.69 Å². The van der Waals surface area contributed by atoms with Gasteiger partial charge in [-0.15, -0.1) is 0 Å². The molecule has 0 aliphatic heterocycles. The first-order valence-electron chi connectivity index (χ1n) is 6.73. The van der Waals surface area contributed by atoms with Gasteiger partial charge in [-0.05, 0) is 31.0 Å². The van der Waals surface area contributed by atoms with Gasteiger partial charge in [0.15, 0.2) is 0 Å². The highest BCUT2D eigenvalue weighted by Crippen LogP contribution is 2.25. The Kier molecular flexibility index (Phi) is 4.65. The predicted octanol–water partition coefficient (Wildman–Crippen LogP) is 2.55. The summed E-state index contributed by atoms with van der Waals surface area (Å²) in [5.41, 5.74) is 0.731. The summed E-state index contributed by atoms with van der Waals surface area (Å²) in [7, 11) is -2.09. The molecular weight excluding hydrogens is 278 g/mol. The monoisotopic (exact) mass is 297 g/mol. The second-order valence-electron chi connectivity index (χ2n) is 4.98. The van der Waals surface area contributed by atoms with Crippen molar-refractivity contribution in [3.8, 4) is 0 Å². The lowest BCUT2D eigenvalue weighted by Crippen LogP contribution is -2.29. The fourth-order valence-corrected chi connectivity index (χ4v) is 4.03. The van der Waals surface area contributed by atoms with E-state index in [2.05, 4.69) is 9.46 Å². The first-order chi connectivity index (χ1) is 9.53. The fraction of sp³-hybridized carbons (Fsp3) is 0.500. The number of carbonyl (C=O) groups excluding carboxylic acids is 1. The second-order valence-corrected chi connectivity index (χ2v) is 6.94. The quantitative estimate of drug-likeness (QED) is 0.867. The van der Waals surface area contributed by atoms with E-state index in [1.54, 1.807) is 18.2 Å². The first kappa shape index (κ1) is 14.8. The van der Waals surface area contributed by atoms with Crippen LogP contribution < -0.4 is 4.72 Å². The van der Waals surface area contributed by atoms with Crippen LogP contribution in [0.15, 0.2) is 24.3 Å². The average Bonchev–Trinajstić information content (AvgIpc) is 2.47. The molecule has 0 radical (unpaired) electrons. The maximum absolute atomic E-state index is 12.3. The summed E-state index contributed by atoms with van der Waals surface area (Å²) < 4.78 is 31.8. The summed E-state index contributed by atoms with van der Waals surface area (Å²) in [4.78, 5) is 11.4. The summed E-state index contributed by atoms with van der Waals surface area (Å²) in [5.74, 6) is -0.483. The molecule has 1 aromatic rings. The molecule has 0 heterocycles. The number of methoxy groups -OCH3 is 1. The highest BCUT2D eigenvalue weighted by Gasteiger charge is 2.27. The van der Waals surface area contributed by atoms with E-state index in [1.165, 1.54) is 13.2 Å².